The molecule has 1 N–H and O–H groups in total. The standard InChI is InChI=1S/C30H32N2O4/c1-19(2)30(3)18-26(31-25-16-15-23(35-5)17-24(25)30)27-28(36-22-9-7-6-8-10-22)29(33)32(27)20-11-13-21(34-4)14-12-20/h6-17,26-28,31H,1,18H2,2-5H3/t26-,27+,28-,30+/m1/s1. The first-order valence-corrected chi connectivity index (χ1v) is 12.2. The van der Waals surface area contributed by atoms with E-state index in [0.29, 0.717) is 5.75 Å². The number of benzene rings is 3. The van der Waals surface area contributed by atoms with Gasteiger partial charge in [0, 0.05) is 16.8 Å². The first kappa shape index (κ1) is 23.8. The normalized spacial score (nSPS) is 24.7. The van der Waals surface area contributed by atoms with E-state index >= 15 is 0 Å². The summed E-state index contributed by atoms with van der Waals surface area (Å²) >= 11 is 0. The molecule has 4 atom stereocenters. The Bertz CT molecular complexity index is 1270. The van der Waals surface area contributed by atoms with E-state index in [1.54, 1.807) is 14.2 Å². The zero-order chi connectivity index (χ0) is 25.4. The lowest BCUT2D eigenvalue weighted by Crippen LogP contribution is -2.73. The van der Waals surface area contributed by atoms with Crippen molar-refractivity contribution in [2.45, 2.75) is 43.9 Å². The largest absolute Gasteiger partial charge is 0.497 e. The van der Waals surface area contributed by atoms with Gasteiger partial charge in [0.15, 0.2) is 6.10 Å². The van der Waals surface area contributed by atoms with E-state index in [2.05, 4.69) is 31.8 Å². The van der Waals surface area contributed by atoms with Crippen molar-refractivity contribution in [1.82, 2.24) is 0 Å². The van der Waals surface area contributed by atoms with Crippen LogP contribution in [0.2, 0.25) is 0 Å². The molecule has 2 aliphatic heterocycles. The topological polar surface area (TPSA) is 60.0 Å². The molecule has 5 rings (SSSR count). The Morgan fingerprint density at radius 1 is 0.972 bits per heavy atom. The molecule has 2 heterocycles. The molecule has 3 aromatic rings. The Kier molecular flexibility index (Phi) is 6.12. The molecule has 1 fully saturated rings. The third-order valence-corrected chi connectivity index (χ3v) is 7.59. The predicted octanol–water partition coefficient (Wildman–Crippen LogP) is 5.58. The number of methoxy groups -OCH3 is 2. The average Bonchev–Trinajstić information content (AvgIpc) is 2.90. The molecule has 1 amide bonds. The lowest BCUT2D eigenvalue weighted by atomic mass is 9.67. The van der Waals surface area contributed by atoms with Gasteiger partial charge in [-0.1, -0.05) is 37.3 Å². The number of amides is 1. The molecule has 6 nitrogen and oxygen atoms in total. The van der Waals surface area contributed by atoms with E-state index in [1.807, 2.05) is 71.6 Å². The zero-order valence-corrected chi connectivity index (χ0v) is 21.2. The van der Waals surface area contributed by atoms with Gasteiger partial charge in [-0.05, 0) is 73.5 Å². The molecule has 36 heavy (non-hydrogen) atoms. The van der Waals surface area contributed by atoms with E-state index in [1.165, 1.54) is 0 Å². The first-order chi connectivity index (χ1) is 17.4. The highest BCUT2D eigenvalue weighted by atomic mass is 16.5. The van der Waals surface area contributed by atoms with Crippen molar-refractivity contribution < 1.29 is 19.0 Å². The van der Waals surface area contributed by atoms with Crippen LogP contribution in [0.25, 0.3) is 0 Å². The summed E-state index contributed by atoms with van der Waals surface area (Å²) in [7, 11) is 3.31. The van der Waals surface area contributed by atoms with Gasteiger partial charge >= 0.3 is 0 Å². The SMILES string of the molecule is C=C(C)[C@]1(C)C[C@H]([C@H]2[C@@H](Oc3ccccc3)C(=O)N2c2ccc(OC)cc2)Nc2ccc(OC)cc21. The third-order valence-electron chi connectivity index (χ3n) is 7.59. The highest BCUT2D eigenvalue weighted by Crippen LogP contribution is 2.48. The quantitative estimate of drug-likeness (QED) is 0.350. The molecule has 0 aromatic heterocycles. The minimum Gasteiger partial charge on any atom is -0.497 e. The number of allylic oxidation sites excluding steroid dienone is 1. The Morgan fingerprint density at radius 3 is 2.28 bits per heavy atom. The molecule has 0 spiro atoms. The number of anilines is 2. The van der Waals surface area contributed by atoms with Crippen LogP contribution in [0, 0.1) is 0 Å². The Balaban J connectivity index is 1.54. The fourth-order valence-electron chi connectivity index (χ4n) is 5.33. The number of ether oxygens (including phenoxy) is 3. The van der Waals surface area contributed by atoms with Crippen LogP contribution in [0.4, 0.5) is 11.4 Å². The summed E-state index contributed by atoms with van der Waals surface area (Å²) in [5.41, 5.74) is 3.74. The number of hydrogen-bond acceptors (Lipinski definition) is 5. The van der Waals surface area contributed by atoms with Gasteiger partial charge in [-0.15, -0.1) is 0 Å². The number of fused-ring (bicyclic) bond motifs is 1. The summed E-state index contributed by atoms with van der Waals surface area (Å²) in [6.07, 6.45) is 0.142. The number of β-lactam (4-membered cyclic amide) rings is 1. The first-order valence-electron chi connectivity index (χ1n) is 12.2. The van der Waals surface area contributed by atoms with Crippen molar-refractivity contribution in [3.63, 3.8) is 0 Å². The van der Waals surface area contributed by atoms with Gasteiger partial charge in [0.2, 0.25) is 0 Å². The number of rotatable bonds is 7. The van der Waals surface area contributed by atoms with E-state index < -0.39 is 6.10 Å². The highest BCUT2D eigenvalue weighted by molar-refractivity contribution is 6.05. The lowest BCUT2D eigenvalue weighted by Gasteiger charge is -2.53. The highest BCUT2D eigenvalue weighted by Gasteiger charge is 2.56. The summed E-state index contributed by atoms with van der Waals surface area (Å²) in [4.78, 5) is 15.4. The molecular formula is C30H32N2O4. The van der Waals surface area contributed by atoms with Gasteiger partial charge in [0.1, 0.15) is 23.3 Å². The van der Waals surface area contributed by atoms with Crippen LogP contribution in [0.1, 0.15) is 25.8 Å². The number of carbonyl (C=O) groups excluding carboxylic acids is 1. The molecule has 6 heteroatoms. The minimum atomic E-state index is -0.610. The molecule has 0 saturated carbocycles. The number of hydrogen-bond donors (Lipinski definition) is 1. The fraction of sp³-hybridized carbons (Fsp3) is 0.300. The van der Waals surface area contributed by atoms with Crippen molar-refractivity contribution >= 4 is 17.3 Å². The number of carbonyl (C=O) groups is 1. The Morgan fingerprint density at radius 2 is 1.64 bits per heavy atom. The predicted molar refractivity (Wildman–Crippen MR) is 142 cm³/mol. The van der Waals surface area contributed by atoms with Gasteiger partial charge in [0.05, 0.1) is 20.3 Å². The van der Waals surface area contributed by atoms with Crippen molar-refractivity contribution in [3.05, 3.63) is 90.5 Å². The maximum absolute atomic E-state index is 13.5. The molecular weight excluding hydrogens is 452 g/mol. The average molecular weight is 485 g/mol. The van der Waals surface area contributed by atoms with Gasteiger partial charge in [-0.25, -0.2) is 0 Å². The van der Waals surface area contributed by atoms with Crippen LogP contribution in [0.5, 0.6) is 17.2 Å². The lowest BCUT2D eigenvalue weighted by molar-refractivity contribution is -0.135. The molecule has 0 bridgehead atoms. The van der Waals surface area contributed by atoms with E-state index in [-0.39, 0.29) is 23.4 Å². The van der Waals surface area contributed by atoms with E-state index in [4.69, 9.17) is 14.2 Å². The maximum Gasteiger partial charge on any atom is 0.270 e. The van der Waals surface area contributed by atoms with Crippen molar-refractivity contribution in [1.29, 1.82) is 0 Å². The van der Waals surface area contributed by atoms with Gasteiger partial charge in [0.25, 0.3) is 5.91 Å². The van der Waals surface area contributed by atoms with Crippen LogP contribution >= 0.6 is 0 Å². The monoisotopic (exact) mass is 484 g/mol. The molecule has 2 aliphatic rings. The molecule has 0 unspecified atom stereocenters. The van der Waals surface area contributed by atoms with Crippen LogP contribution in [0.15, 0.2) is 84.9 Å². The van der Waals surface area contributed by atoms with Crippen molar-refractivity contribution in [2.75, 3.05) is 24.4 Å². The summed E-state index contributed by atoms with van der Waals surface area (Å²) in [6.45, 7) is 8.63. The van der Waals surface area contributed by atoms with Gasteiger partial charge in [-0.3, -0.25) is 9.69 Å². The molecule has 1 saturated heterocycles. The van der Waals surface area contributed by atoms with E-state index in [9.17, 15) is 4.79 Å². The van der Waals surface area contributed by atoms with Crippen molar-refractivity contribution in [3.8, 4) is 17.2 Å². The molecule has 3 aromatic carbocycles. The summed E-state index contributed by atoms with van der Waals surface area (Å²) in [6, 6.07) is 22.9. The molecule has 0 aliphatic carbocycles. The second kappa shape index (κ2) is 9.26. The fourth-order valence-corrected chi connectivity index (χ4v) is 5.33. The minimum absolute atomic E-state index is 0.0617. The number of para-hydroxylation sites is 1. The molecule has 0 radical (unpaired) electrons. The number of nitrogens with one attached hydrogen (secondary N) is 1. The van der Waals surface area contributed by atoms with Crippen LogP contribution in [-0.4, -0.2) is 38.3 Å². The van der Waals surface area contributed by atoms with Crippen LogP contribution < -0.4 is 24.4 Å². The van der Waals surface area contributed by atoms with Gasteiger partial charge in [-0.2, -0.15) is 0 Å². The van der Waals surface area contributed by atoms with Gasteiger partial charge < -0.3 is 19.5 Å². The zero-order valence-electron chi connectivity index (χ0n) is 21.2. The van der Waals surface area contributed by atoms with E-state index in [0.717, 1.165) is 40.4 Å². The van der Waals surface area contributed by atoms with Crippen LogP contribution in [0.3, 0.4) is 0 Å². The summed E-state index contributed by atoms with van der Waals surface area (Å²) in [5.74, 6) is 2.17. The number of nitrogens with zero attached hydrogens (tertiary/aromatic N) is 1. The maximum atomic E-state index is 13.5. The smallest absolute Gasteiger partial charge is 0.270 e. The second-order valence-electron chi connectivity index (χ2n) is 9.73. The van der Waals surface area contributed by atoms with Crippen LogP contribution in [-0.2, 0) is 10.2 Å². The Hall–Kier alpha value is -3.93. The Labute approximate surface area is 212 Å². The van der Waals surface area contributed by atoms with Crippen molar-refractivity contribution in [2.24, 2.45) is 0 Å². The third kappa shape index (κ3) is 3.96. The molecule has 186 valence electrons. The second-order valence-corrected chi connectivity index (χ2v) is 9.73. The summed E-state index contributed by atoms with van der Waals surface area (Å²) < 4.78 is 17.1. The summed E-state index contributed by atoms with van der Waals surface area (Å²) in [5, 5.41) is 3.72.